The molecule has 3 atom stereocenters. The predicted octanol–water partition coefficient (Wildman–Crippen LogP) is 3.35. The average molecular weight is 442 g/mol. The Balaban J connectivity index is 2.13. The molecule has 8 heteroatoms. The van der Waals surface area contributed by atoms with Gasteiger partial charge in [-0.05, 0) is 43.0 Å². The minimum Gasteiger partial charge on any atom is -0.369 e. The lowest BCUT2D eigenvalue weighted by Gasteiger charge is -2.36. The summed E-state index contributed by atoms with van der Waals surface area (Å²) in [7, 11) is 0. The van der Waals surface area contributed by atoms with Crippen molar-refractivity contribution in [3.05, 3.63) is 45.5 Å². The summed E-state index contributed by atoms with van der Waals surface area (Å²) in [5, 5.41) is 6.66. The Kier molecular flexibility index (Phi) is 8.96. The number of rotatable bonds is 8. The van der Waals surface area contributed by atoms with Gasteiger partial charge in [-0.1, -0.05) is 43.1 Å². The van der Waals surface area contributed by atoms with Crippen molar-refractivity contribution < 1.29 is 14.3 Å². The second-order valence-corrected chi connectivity index (χ2v) is 8.07. The Morgan fingerprint density at radius 3 is 2.52 bits per heavy atom. The van der Waals surface area contributed by atoms with Crippen molar-refractivity contribution in [3.63, 3.8) is 0 Å². The molecular weight excluding hydrogens is 413 g/mol. The Bertz CT molecular complexity index is 766. The Morgan fingerprint density at radius 2 is 1.93 bits per heavy atom. The van der Waals surface area contributed by atoms with Crippen molar-refractivity contribution >= 4 is 35.0 Å². The van der Waals surface area contributed by atoms with Crippen LogP contribution in [0, 0.1) is 0 Å². The van der Waals surface area contributed by atoms with Crippen LogP contribution >= 0.6 is 23.2 Å². The monoisotopic (exact) mass is 441 g/mol. The first-order chi connectivity index (χ1) is 13.7. The van der Waals surface area contributed by atoms with E-state index in [4.69, 9.17) is 33.7 Å². The van der Waals surface area contributed by atoms with Crippen LogP contribution in [0.3, 0.4) is 0 Å². The minimum absolute atomic E-state index is 0.0262. The van der Waals surface area contributed by atoms with Gasteiger partial charge in [0.05, 0.1) is 28.3 Å². The topological polar surface area (TPSA) is 93.4 Å². The van der Waals surface area contributed by atoms with Crippen LogP contribution in [-0.2, 0) is 20.9 Å². The quantitative estimate of drug-likeness (QED) is 0.576. The van der Waals surface area contributed by atoms with Crippen molar-refractivity contribution in [2.24, 2.45) is 5.73 Å². The van der Waals surface area contributed by atoms with Gasteiger partial charge < -0.3 is 21.1 Å². The number of amides is 2. The first-order valence-corrected chi connectivity index (χ1v) is 10.6. The van der Waals surface area contributed by atoms with Gasteiger partial charge in [-0.3, -0.25) is 9.59 Å². The molecule has 0 spiro atoms. The molecule has 0 saturated carbocycles. The molecule has 1 aliphatic rings. The van der Waals surface area contributed by atoms with E-state index in [9.17, 15) is 9.59 Å². The van der Waals surface area contributed by atoms with Crippen molar-refractivity contribution in [1.29, 1.82) is 0 Å². The van der Waals surface area contributed by atoms with E-state index in [1.165, 1.54) is 6.92 Å². The number of carbonyl (C=O) groups excluding carboxylic acids is 2. The third-order valence-corrected chi connectivity index (χ3v) is 5.73. The number of benzene rings is 1. The van der Waals surface area contributed by atoms with Crippen LogP contribution in [0.2, 0.25) is 10.0 Å². The molecule has 2 rings (SSSR count). The number of hydrogen-bond donors (Lipinski definition) is 3. The van der Waals surface area contributed by atoms with Crippen LogP contribution in [0.15, 0.2) is 29.8 Å². The fourth-order valence-corrected chi connectivity index (χ4v) is 3.68. The summed E-state index contributed by atoms with van der Waals surface area (Å²) in [6, 6.07) is 4.42. The van der Waals surface area contributed by atoms with E-state index in [-0.39, 0.29) is 24.0 Å². The smallest absolute Gasteiger partial charge is 0.247 e. The second-order valence-electron chi connectivity index (χ2n) is 7.26. The summed E-state index contributed by atoms with van der Waals surface area (Å²) in [6.07, 6.45) is 3.37. The summed E-state index contributed by atoms with van der Waals surface area (Å²) in [5.41, 5.74) is 7.69. The van der Waals surface area contributed by atoms with Gasteiger partial charge in [-0.15, -0.1) is 0 Å². The Labute approximate surface area is 182 Å². The average Bonchev–Trinajstić information content (AvgIpc) is 2.68. The van der Waals surface area contributed by atoms with Crippen molar-refractivity contribution in [2.75, 3.05) is 0 Å². The van der Waals surface area contributed by atoms with Crippen LogP contribution in [0.1, 0.15) is 45.6 Å². The zero-order valence-electron chi connectivity index (χ0n) is 17.0. The van der Waals surface area contributed by atoms with Crippen LogP contribution in [-0.4, -0.2) is 36.1 Å². The van der Waals surface area contributed by atoms with Gasteiger partial charge in [-0.2, -0.15) is 0 Å². The number of halogens is 2. The van der Waals surface area contributed by atoms with Crippen LogP contribution < -0.4 is 16.4 Å². The van der Waals surface area contributed by atoms with Crippen LogP contribution in [0.25, 0.3) is 0 Å². The molecular formula is C21H29Cl2N3O3. The van der Waals surface area contributed by atoms with Gasteiger partial charge in [0.2, 0.25) is 11.8 Å². The lowest BCUT2D eigenvalue weighted by molar-refractivity contribution is -0.121. The minimum atomic E-state index is -0.460. The molecule has 0 aromatic heterocycles. The number of carbonyl (C=O) groups is 2. The SMILES string of the molecule is CCC(CC)O[C@@H]1C=C(C(=O)NCc2ccc(Cl)c(Cl)c2)C[C@H](N)[C@H]1NC(C)=O. The molecule has 2 amide bonds. The summed E-state index contributed by atoms with van der Waals surface area (Å²) in [5.74, 6) is -0.393. The Morgan fingerprint density at radius 1 is 1.24 bits per heavy atom. The first-order valence-electron chi connectivity index (χ1n) is 9.86. The molecule has 0 bridgehead atoms. The van der Waals surface area contributed by atoms with Gasteiger partial charge in [0.25, 0.3) is 0 Å². The number of nitrogens with one attached hydrogen (secondary N) is 2. The van der Waals surface area contributed by atoms with Crippen molar-refractivity contribution in [1.82, 2.24) is 10.6 Å². The molecule has 1 aliphatic carbocycles. The highest BCUT2D eigenvalue weighted by Gasteiger charge is 2.35. The van der Waals surface area contributed by atoms with Crippen LogP contribution in [0.4, 0.5) is 0 Å². The molecule has 4 N–H and O–H groups in total. The van der Waals surface area contributed by atoms with E-state index >= 15 is 0 Å². The molecule has 0 heterocycles. The van der Waals surface area contributed by atoms with E-state index in [0.717, 1.165) is 18.4 Å². The molecule has 6 nitrogen and oxygen atoms in total. The summed E-state index contributed by atoms with van der Waals surface area (Å²) in [4.78, 5) is 24.3. The first kappa shape index (κ1) is 23.7. The van der Waals surface area contributed by atoms with Crippen molar-refractivity contribution in [3.8, 4) is 0 Å². The molecule has 0 fully saturated rings. The maximum Gasteiger partial charge on any atom is 0.247 e. The zero-order valence-corrected chi connectivity index (χ0v) is 18.5. The maximum absolute atomic E-state index is 12.7. The summed E-state index contributed by atoms with van der Waals surface area (Å²) in [6.45, 7) is 5.84. The molecule has 0 unspecified atom stereocenters. The zero-order chi connectivity index (χ0) is 21.6. The van der Waals surface area contributed by atoms with E-state index < -0.39 is 12.1 Å². The van der Waals surface area contributed by atoms with E-state index in [2.05, 4.69) is 10.6 Å². The summed E-state index contributed by atoms with van der Waals surface area (Å²) >= 11 is 12.0. The van der Waals surface area contributed by atoms with E-state index in [0.29, 0.717) is 28.6 Å². The fourth-order valence-electron chi connectivity index (χ4n) is 3.36. The number of nitrogens with two attached hydrogens (primary N) is 1. The molecule has 0 aliphatic heterocycles. The van der Waals surface area contributed by atoms with Gasteiger partial charge in [0, 0.05) is 25.1 Å². The van der Waals surface area contributed by atoms with Crippen molar-refractivity contribution in [2.45, 2.75) is 70.9 Å². The van der Waals surface area contributed by atoms with Gasteiger partial charge in [0.1, 0.15) is 0 Å². The Hall–Kier alpha value is -1.60. The second kappa shape index (κ2) is 11.0. The molecule has 160 valence electrons. The molecule has 29 heavy (non-hydrogen) atoms. The fraction of sp³-hybridized carbons (Fsp3) is 0.524. The van der Waals surface area contributed by atoms with Gasteiger partial charge >= 0.3 is 0 Å². The predicted molar refractivity (Wildman–Crippen MR) is 116 cm³/mol. The van der Waals surface area contributed by atoms with Gasteiger partial charge in [0.15, 0.2) is 0 Å². The largest absolute Gasteiger partial charge is 0.369 e. The normalized spacial score (nSPS) is 21.6. The standard InChI is InChI=1S/C21H29Cl2N3O3/c1-4-15(5-2)29-19-10-14(9-18(24)20(19)26-12(3)27)21(28)25-11-13-6-7-16(22)17(23)8-13/h6-8,10,15,18-20H,4-5,9,11,24H2,1-3H3,(H,25,28)(H,26,27)/t18-,19+,20+/m0/s1. The summed E-state index contributed by atoms with van der Waals surface area (Å²) < 4.78 is 6.16. The molecule has 0 saturated heterocycles. The number of hydrogen-bond acceptors (Lipinski definition) is 4. The lowest BCUT2D eigenvalue weighted by atomic mass is 9.87. The highest BCUT2D eigenvalue weighted by Crippen LogP contribution is 2.24. The molecule has 1 aromatic rings. The van der Waals surface area contributed by atoms with Crippen LogP contribution in [0.5, 0.6) is 0 Å². The molecule has 1 aromatic carbocycles. The van der Waals surface area contributed by atoms with E-state index in [1.807, 2.05) is 13.8 Å². The third kappa shape index (κ3) is 6.71. The highest BCUT2D eigenvalue weighted by atomic mass is 35.5. The van der Waals surface area contributed by atoms with E-state index in [1.54, 1.807) is 24.3 Å². The number of ether oxygens (including phenoxy) is 1. The molecule has 0 radical (unpaired) electrons. The van der Waals surface area contributed by atoms with Gasteiger partial charge in [-0.25, -0.2) is 0 Å². The lowest BCUT2D eigenvalue weighted by Crippen LogP contribution is -2.57. The highest BCUT2D eigenvalue weighted by molar-refractivity contribution is 6.42. The maximum atomic E-state index is 12.7. The third-order valence-electron chi connectivity index (χ3n) is 5.00.